The Morgan fingerprint density at radius 3 is 2.46 bits per heavy atom. The molecule has 0 spiro atoms. The van der Waals surface area contributed by atoms with Crippen molar-refractivity contribution in [1.82, 2.24) is 4.90 Å². The third-order valence-electron chi connectivity index (χ3n) is 6.14. The summed E-state index contributed by atoms with van der Waals surface area (Å²) in [4.78, 5) is 50.9. The van der Waals surface area contributed by atoms with E-state index in [0.717, 1.165) is 24.2 Å². The number of nitrogens with zero attached hydrogens (tertiary/aromatic N) is 1. The van der Waals surface area contributed by atoms with Gasteiger partial charge in [0.05, 0.1) is 11.8 Å². The lowest BCUT2D eigenvalue weighted by atomic mass is 9.81. The fourth-order valence-electron chi connectivity index (χ4n) is 4.94. The van der Waals surface area contributed by atoms with E-state index in [2.05, 4.69) is 5.32 Å². The zero-order chi connectivity index (χ0) is 20.0. The van der Waals surface area contributed by atoms with Crippen LogP contribution < -0.4 is 5.32 Å². The van der Waals surface area contributed by atoms with E-state index in [1.165, 1.54) is 6.92 Å². The van der Waals surface area contributed by atoms with Crippen LogP contribution in [0.3, 0.4) is 0 Å². The van der Waals surface area contributed by atoms with Crippen molar-refractivity contribution in [2.24, 2.45) is 23.7 Å². The second-order valence-electron chi connectivity index (χ2n) is 7.77. The topological polar surface area (TPSA) is 92.8 Å². The first-order valence-corrected chi connectivity index (χ1v) is 9.83. The molecule has 2 bridgehead atoms. The van der Waals surface area contributed by atoms with Crippen molar-refractivity contribution in [3.8, 4) is 0 Å². The van der Waals surface area contributed by atoms with Crippen molar-refractivity contribution >= 4 is 41.0 Å². The Balaban J connectivity index is 1.34. The van der Waals surface area contributed by atoms with Gasteiger partial charge < -0.3 is 10.1 Å². The second kappa shape index (κ2) is 7.20. The highest BCUT2D eigenvalue weighted by atomic mass is 35.5. The number of halogens is 1. The fraction of sp³-hybridized carbons (Fsp3) is 0.500. The van der Waals surface area contributed by atoms with Crippen LogP contribution in [-0.4, -0.2) is 41.2 Å². The van der Waals surface area contributed by atoms with Gasteiger partial charge in [0.25, 0.3) is 5.91 Å². The largest absolute Gasteiger partial charge is 0.454 e. The van der Waals surface area contributed by atoms with E-state index >= 15 is 0 Å². The molecule has 0 radical (unpaired) electrons. The molecule has 3 amide bonds. The molecule has 1 aliphatic heterocycles. The molecule has 8 heteroatoms. The van der Waals surface area contributed by atoms with Gasteiger partial charge in [-0.25, -0.2) is 4.79 Å². The Bertz CT molecular complexity index is 829. The summed E-state index contributed by atoms with van der Waals surface area (Å²) in [6, 6.07) is 5.54. The van der Waals surface area contributed by atoms with Crippen LogP contribution in [0.5, 0.6) is 0 Å². The van der Waals surface area contributed by atoms with Crippen LogP contribution in [-0.2, 0) is 23.9 Å². The number of amides is 3. The normalized spacial score (nSPS) is 29.0. The first-order valence-electron chi connectivity index (χ1n) is 9.45. The summed E-state index contributed by atoms with van der Waals surface area (Å²) in [5.74, 6) is -1.90. The molecule has 148 valence electrons. The molecule has 3 fully saturated rings. The molecule has 7 nitrogen and oxygen atoms in total. The fourth-order valence-corrected chi connectivity index (χ4v) is 5.13. The highest BCUT2D eigenvalue weighted by molar-refractivity contribution is 6.30. The Labute approximate surface area is 167 Å². The molecule has 0 unspecified atom stereocenters. The number of anilines is 1. The van der Waals surface area contributed by atoms with Crippen LogP contribution in [0.1, 0.15) is 26.2 Å². The molecular weight excluding hydrogens is 384 g/mol. The average molecular weight is 405 g/mol. The van der Waals surface area contributed by atoms with Crippen molar-refractivity contribution < 1.29 is 23.9 Å². The van der Waals surface area contributed by atoms with Gasteiger partial charge in [-0.2, -0.15) is 0 Å². The number of rotatable bonds is 5. The Morgan fingerprint density at radius 2 is 1.86 bits per heavy atom. The zero-order valence-electron chi connectivity index (χ0n) is 15.4. The van der Waals surface area contributed by atoms with Crippen LogP contribution in [0, 0.1) is 23.7 Å². The molecule has 28 heavy (non-hydrogen) atoms. The van der Waals surface area contributed by atoms with E-state index < -0.39 is 24.5 Å². The summed E-state index contributed by atoms with van der Waals surface area (Å²) in [7, 11) is 0. The molecule has 4 rings (SSSR count). The maximum Gasteiger partial charge on any atom is 0.329 e. The van der Waals surface area contributed by atoms with Crippen molar-refractivity contribution in [3.63, 3.8) is 0 Å². The first-order chi connectivity index (χ1) is 13.4. The third kappa shape index (κ3) is 3.17. The Kier molecular flexibility index (Phi) is 4.87. The minimum Gasteiger partial charge on any atom is -0.454 e. The van der Waals surface area contributed by atoms with Gasteiger partial charge in [-0.3, -0.25) is 19.3 Å². The SMILES string of the molecule is C[C@@H](C(=O)OCC(=O)Nc1cccc(Cl)c1)N1C(=O)[C@@H]2[C@@H]3CC[C@H](C3)[C@@H]2C1=O. The molecule has 1 aromatic rings. The summed E-state index contributed by atoms with van der Waals surface area (Å²) in [6.45, 7) is 0.958. The smallest absolute Gasteiger partial charge is 0.329 e. The van der Waals surface area contributed by atoms with Crippen LogP contribution in [0.25, 0.3) is 0 Å². The lowest BCUT2D eigenvalue weighted by Gasteiger charge is -2.23. The molecule has 3 aliphatic rings. The highest BCUT2D eigenvalue weighted by Gasteiger charge is 2.62. The molecule has 1 N–H and O–H groups in total. The van der Waals surface area contributed by atoms with E-state index in [-0.39, 0.29) is 35.5 Å². The number of esters is 1. The molecule has 2 saturated carbocycles. The van der Waals surface area contributed by atoms with Gasteiger partial charge in [0.2, 0.25) is 11.8 Å². The van der Waals surface area contributed by atoms with Crippen molar-refractivity contribution in [3.05, 3.63) is 29.3 Å². The van der Waals surface area contributed by atoms with Crippen LogP contribution in [0.2, 0.25) is 5.02 Å². The van der Waals surface area contributed by atoms with E-state index in [4.69, 9.17) is 16.3 Å². The number of nitrogens with one attached hydrogen (secondary N) is 1. The summed E-state index contributed by atoms with van der Waals surface area (Å²) in [5, 5.41) is 3.03. The molecule has 2 aliphatic carbocycles. The molecule has 1 aromatic carbocycles. The minimum atomic E-state index is -1.04. The Morgan fingerprint density at radius 1 is 1.21 bits per heavy atom. The predicted octanol–water partition coefficient (Wildman–Crippen LogP) is 2.24. The van der Waals surface area contributed by atoms with Gasteiger partial charge in [-0.1, -0.05) is 17.7 Å². The number of ether oxygens (including phenoxy) is 1. The maximum atomic E-state index is 12.7. The van der Waals surface area contributed by atoms with Crippen molar-refractivity contribution in [2.75, 3.05) is 11.9 Å². The van der Waals surface area contributed by atoms with Gasteiger partial charge in [-0.15, -0.1) is 0 Å². The number of benzene rings is 1. The summed E-state index contributed by atoms with van der Waals surface area (Å²) >= 11 is 5.86. The molecular formula is C20H21ClN2O5. The van der Waals surface area contributed by atoms with Crippen LogP contribution in [0.15, 0.2) is 24.3 Å². The summed E-state index contributed by atoms with van der Waals surface area (Å²) in [5.41, 5.74) is 0.481. The van der Waals surface area contributed by atoms with Crippen LogP contribution >= 0.6 is 11.6 Å². The molecule has 1 saturated heterocycles. The molecule has 0 aromatic heterocycles. The minimum absolute atomic E-state index is 0.253. The lowest BCUT2D eigenvalue weighted by molar-refractivity contribution is -0.159. The van der Waals surface area contributed by atoms with Gasteiger partial charge >= 0.3 is 5.97 Å². The van der Waals surface area contributed by atoms with Crippen molar-refractivity contribution in [2.45, 2.75) is 32.2 Å². The summed E-state index contributed by atoms with van der Waals surface area (Å²) < 4.78 is 5.04. The van der Waals surface area contributed by atoms with Gasteiger partial charge in [0.1, 0.15) is 6.04 Å². The van der Waals surface area contributed by atoms with Gasteiger partial charge in [-0.05, 0) is 56.2 Å². The number of carbonyl (C=O) groups excluding carboxylic acids is 4. The summed E-state index contributed by atoms with van der Waals surface area (Å²) in [6.07, 6.45) is 2.88. The van der Waals surface area contributed by atoms with E-state index in [9.17, 15) is 19.2 Å². The predicted molar refractivity (Wildman–Crippen MR) is 100 cm³/mol. The quantitative estimate of drug-likeness (QED) is 0.600. The second-order valence-corrected chi connectivity index (χ2v) is 8.21. The van der Waals surface area contributed by atoms with Crippen LogP contribution in [0.4, 0.5) is 5.69 Å². The van der Waals surface area contributed by atoms with Gasteiger partial charge in [0.15, 0.2) is 6.61 Å². The molecule has 1 heterocycles. The Hall–Kier alpha value is -2.41. The maximum absolute atomic E-state index is 12.7. The van der Waals surface area contributed by atoms with E-state index in [1.54, 1.807) is 24.3 Å². The van der Waals surface area contributed by atoms with Crippen molar-refractivity contribution in [1.29, 1.82) is 0 Å². The first kappa shape index (κ1) is 18.9. The number of likely N-dealkylation sites (tertiary alicyclic amines) is 1. The lowest BCUT2D eigenvalue weighted by Crippen LogP contribution is -2.45. The highest BCUT2D eigenvalue weighted by Crippen LogP contribution is 2.56. The monoisotopic (exact) mass is 404 g/mol. The van der Waals surface area contributed by atoms with Gasteiger partial charge in [0, 0.05) is 10.7 Å². The standard InChI is InChI=1S/C20H21ClN2O5/c1-10(20(27)28-9-15(24)22-14-4-2-3-13(21)8-14)23-18(25)16-11-5-6-12(7-11)17(16)19(23)26/h2-4,8,10-12,16-17H,5-7,9H2,1H3,(H,22,24)/t10-,11+,12+,16-,17+/m0/s1. The number of hydrogen-bond acceptors (Lipinski definition) is 5. The number of imide groups is 1. The number of carbonyl (C=O) groups is 4. The third-order valence-corrected chi connectivity index (χ3v) is 6.38. The average Bonchev–Trinajstić information content (AvgIpc) is 3.33. The van der Waals surface area contributed by atoms with E-state index in [1.807, 2.05) is 0 Å². The number of fused-ring (bicyclic) bond motifs is 5. The number of hydrogen-bond donors (Lipinski definition) is 1. The zero-order valence-corrected chi connectivity index (χ0v) is 16.1. The molecule has 5 atom stereocenters. The van der Waals surface area contributed by atoms with E-state index in [0.29, 0.717) is 10.7 Å².